The van der Waals surface area contributed by atoms with Gasteiger partial charge in [-0.2, -0.15) is 0 Å². The smallest absolute Gasteiger partial charge is 0.156 e. The number of hydrogen-bond acceptors (Lipinski definition) is 3. The average molecular weight is 317 g/mol. The lowest BCUT2D eigenvalue weighted by Gasteiger charge is -2.14. The second kappa shape index (κ2) is 5.57. The second-order valence-electron chi connectivity index (χ2n) is 6.04. The van der Waals surface area contributed by atoms with E-state index in [1.807, 2.05) is 24.3 Å². The number of nitrogens with zero attached hydrogens (tertiary/aromatic N) is 2. The number of aromatic nitrogens is 2. The molecule has 0 radical (unpaired) electrons. The van der Waals surface area contributed by atoms with Gasteiger partial charge >= 0.3 is 0 Å². The van der Waals surface area contributed by atoms with Gasteiger partial charge in [0.25, 0.3) is 0 Å². The number of nitrogens with one attached hydrogen (secondary N) is 1. The Kier molecular flexibility index (Phi) is 3.38. The number of imidazole rings is 1. The molecule has 3 aromatic heterocycles. The lowest BCUT2D eigenvalue weighted by atomic mass is 10.1. The van der Waals surface area contributed by atoms with Crippen LogP contribution >= 0.6 is 0 Å². The van der Waals surface area contributed by atoms with Crippen LogP contribution in [0.3, 0.4) is 0 Å². The lowest BCUT2D eigenvalue weighted by molar-refractivity contribution is 0.581. The van der Waals surface area contributed by atoms with Crippen LogP contribution in [0.5, 0.6) is 0 Å². The molecule has 0 saturated carbocycles. The molecule has 4 aromatic rings. The molecule has 0 atom stereocenters. The van der Waals surface area contributed by atoms with Crippen molar-refractivity contribution < 1.29 is 4.42 Å². The first kappa shape index (κ1) is 14.6. The molecule has 120 valence electrons. The van der Waals surface area contributed by atoms with Crippen LogP contribution in [-0.4, -0.2) is 9.38 Å². The molecule has 0 aliphatic carbocycles. The maximum absolute atomic E-state index is 5.61. The van der Waals surface area contributed by atoms with E-state index in [1.165, 1.54) is 11.1 Å². The number of rotatable bonds is 3. The fourth-order valence-electron chi connectivity index (χ4n) is 3.08. The summed E-state index contributed by atoms with van der Waals surface area (Å²) in [5, 5.41) is 3.60. The van der Waals surface area contributed by atoms with E-state index >= 15 is 0 Å². The number of benzene rings is 1. The molecule has 0 bridgehead atoms. The second-order valence-corrected chi connectivity index (χ2v) is 6.04. The highest BCUT2D eigenvalue weighted by Gasteiger charge is 2.18. The first-order chi connectivity index (χ1) is 11.6. The Bertz CT molecular complexity index is 993. The maximum atomic E-state index is 5.61. The molecule has 3 heterocycles. The Morgan fingerprint density at radius 1 is 0.917 bits per heavy atom. The summed E-state index contributed by atoms with van der Waals surface area (Å²) in [6.07, 6.45) is 1.68. The van der Waals surface area contributed by atoms with Crippen molar-refractivity contribution in [3.63, 3.8) is 0 Å². The van der Waals surface area contributed by atoms with Gasteiger partial charge in [0, 0.05) is 11.4 Å². The van der Waals surface area contributed by atoms with Crippen molar-refractivity contribution in [2.24, 2.45) is 0 Å². The van der Waals surface area contributed by atoms with E-state index < -0.39 is 0 Å². The average Bonchev–Trinajstić information content (AvgIpc) is 3.19. The molecule has 0 fully saturated rings. The van der Waals surface area contributed by atoms with E-state index in [1.54, 1.807) is 6.26 Å². The van der Waals surface area contributed by atoms with Crippen molar-refractivity contribution in [3.05, 3.63) is 71.6 Å². The summed E-state index contributed by atoms with van der Waals surface area (Å²) in [5.41, 5.74) is 6.34. The molecule has 24 heavy (non-hydrogen) atoms. The highest BCUT2D eigenvalue weighted by atomic mass is 16.3. The lowest BCUT2D eigenvalue weighted by Crippen LogP contribution is -2.02. The zero-order valence-corrected chi connectivity index (χ0v) is 14.0. The van der Waals surface area contributed by atoms with Crippen molar-refractivity contribution >= 4 is 17.2 Å². The molecule has 4 heteroatoms. The third kappa shape index (κ3) is 2.27. The third-order valence-corrected chi connectivity index (χ3v) is 4.32. The Balaban J connectivity index is 1.97. The standard InChI is InChI=1S/C20H19N3O/c1-13-7-4-8-14(2)18(13)22-20-19(16-10-6-12-24-16)21-17-11-5-9-15(3)23(17)20/h4-12,22H,1-3H3. The number of aryl methyl sites for hydroxylation is 3. The number of para-hydroxylation sites is 1. The molecule has 1 N–H and O–H groups in total. The zero-order chi connectivity index (χ0) is 16.7. The van der Waals surface area contributed by atoms with Crippen LogP contribution in [0.1, 0.15) is 16.8 Å². The summed E-state index contributed by atoms with van der Waals surface area (Å²) >= 11 is 0. The minimum Gasteiger partial charge on any atom is -0.463 e. The van der Waals surface area contributed by atoms with Gasteiger partial charge in [0.05, 0.1) is 6.26 Å². The Hall–Kier alpha value is -3.01. The van der Waals surface area contributed by atoms with Gasteiger partial charge in [-0.3, -0.25) is 4.40 Å². The molecule has 0 saturated heterocycles. The van der Waals surface area contributed by atoms with Crippen molar-refractivity contribution in [2.45, 2.75) is 20.8 Å². The summed E-state index contributed by atoms with van der Waals surface area (Å²) in [6.45, 7) is 6.30. The zero-order valence-electron chi connectivity index (χ0n) is 14.0. The number of fused-ring (bicyclic) bond motifs is 1. The van der Waals surface area contributed by atoms with Crippen LogP contribution in [0.4, 0.5) is 11.5 Å². The van der Waals surface area contributed by atoms with Crippen molar-refractivity contribution in [3.8, 4) is 11.5 Å². The molecular formula is C20H19N3O. The number of furan rings is 1. The number of anilines is 2. The van der Waals surface area contributed by atoms with Gasteiger partial charge in [-0.25, -0.2) is 4.98 Å². The topological polar surface area (TPSA) is 42.5 Å². The maximum Gasteiger partial charge on any atom is 0.156 e. The minimum atomic E-state index is 0.756. The van der Waals surface area contributed by atoms with E-state index in [0.29, 0.717) is 0 Å². The van der Waals surface area contributed by atoms with Crippen molar-refractivity contribution in [1.29, 1.82) is 0 Å². The van der Waals surface area contributed by atoms with Crippen molar-refractivity contribution in [2.75, 3.05) is 5.32 Å². The van der Waals surface area contributed by atoms with Crippen LogP contribution in [0, 0.1) is 20.8 Å². The predicted molar refractivity (Wildman–Crippen MR) is 96.8 cm³/mol. The molecule has 0 aliphatic rings. The van der Waals surface area contributed by atoms with Gasteiger partial charge in [0.15, 0.2) is 5.76 Å². The molecule has 0 aliphatic heterocycles. The fourth-order valence-corrected chi connectivity index (χ4v) is 3.08. The van der Waals surface area contributed by atoms with E-state index in [-0.39, 0.29) is 0 Å². The predicted octanol–water partition coefficient (Wildman–Crippen LogP) is 5.26. The van der Waals surface area contributed by atoms with E-state index in [2.05, 4.69) is 54.8 Å². The SMILES string of the molecule is Cc1cccc(C)c1Nc1c(-c2ccco2)nc2cccc(C)n12. The number of hydrogen-bond donors (Lipinski definition) is 1. The molecular weight excluding hydrogens is 298 g/mol. The van der Waals surface area contributed by atoms with Gasteiger partial charge in [-0.1, -0.05) is 24.3 Å². The highest BCUT2D eigenvalue weighted by Crippen LogP contribution is 2.34. The summed E-state index contributed by atoms with van der Waals surface area (Å²) in [4.78, 5) is 4.78. The fraction of sp³-hybridized carbons (Fsp3) is 0.150. The normalized spacial score (nSPS) is 11.1. The first-order valence-electron chi connectivity index (χ1n) is 8.00. The highest BCUT2D eigenvalue weighted by molar-refractivity contribution is 5.79. The summed E-state index contributed by atoms with van der Waals surface area (Å²) < 4.78 is 7.74. The monoisotopic (exact) mass is 317 g/mol. The van der Waals surface area contributed by atoms with Crippen LogP contribution in [0.15, 0.2) is 59.2 Å². The summed E-state index contributed by atoms with van der Waals surface area (Å²) in [7, 11) is 0. The molecule has 0 amide bonds. The molecule has 4 rings (SSSR count). The first-order valence-corrected chi connectivity index (χ1v) is 8.00. The van der Waals surface area contributed by atoms with Gasteiger partial charge in [0.1, 0.15) is 17.2 Å². The van der Waals surface area contributed by atoms with E-state index in [9.17, 15) is 0 Å². The third-order valence-electron chi connectivity index (χ3n) is 4.32. The molecule has 0 spiro atoms. The molecule has 1 aromatic carbocycles. The minimum absolute atomic E-state index is 0.756. The van der Waals surface area contributed by atoms with E-state index in [4.69, 9.17) is 9.40 Å². The van der Waals surface area contributed by atoms with Gasteiger partial charge < -0.3 is 9.73 Å². The summed E-state index contributed by atoms with van der Waals surface area (Å²) in [6, 6.07) is 16.2. The van der Waals surface area contributed by atoms with Crippen LogP contribution in [0.2, 0.25) is 0 Å². The molecule has 0 unspecified atom stereocenters. The quantitative estimate of drug-likeness (QED) is 0.560. The number of pyridine rings is 1. The van der Waals surface area contributed by atoms with Gasteiger partial charge in [-0.15, -0.1) is 0 Å². The van der Waals surface area contributed by atoms with E-state index in [0.717, 1.165) is 34.3 Å². The van der Waals surface area contributed by atoms with Crippen LogP contribution < -0.4 is 5.32 Å². The van der Waals surface area contributed by atoms with Gasteiger partial charge in [0.2, 0.25) is 0 Å². The Labute approximate surface area is 140 Å². The molecule has 4 nitrogen and oxygen atoms in total. The van der Waals surface area contributed by atoms with Crippen molar-refractivity contribution in [1.82, 2.24) is 9.38 Å². The Morgan fingerprint density at radius 2 is 1.67 bits per heavy atom. The Morgan fingerprint density at radius 3 is 2.38 bits per heavy atom. The van der Waals surface area contributed by atoms with Crippen LogP contribution in [-0.2, 0) is 0 Å². The van der Waals surface area contributed by atoms with Crippen LogP contribution in [0.25, 0.3) is 17.1 Å². The largest absolute Gasteiger partial charge is 0.463 e. The summed E-state index contributed by atoms with van der Waals surface area (Å²) in [5.74, 6) is 1.68. The van der Waals surface area contributed by atoms with Gasteiger partial charge in [-0.05, 0) is 56.2 Å².